The molecule has 2 amide bonds. The second-order valence-corrected chi connectivity index (χ2v) is 5.28. The van der Waals surface area contributed by atoms with E-state index in [0.717, 1.165) is 12.8 Å². The Hall–Kier alpha value is -0.900. The Labute approximate surface area is 83.6 Å². The van der Waals surface area contributed by atoms with Crippen molar-refractivity contribution in [2.45, 2.75) is 32.2 Å². The van der Waals surface area contributed by atoms with Crippen LogP contribution in [-0.4, -0.2) is 35.8 Å². The summed E-state index contributed by atoms with van der Waals surface area (Å²) in [5.41, 5.74) is -0.177. The van der Waals surface area contributed by atoms with Crippen LogP contribution in [0.15, 0.2) is 0 Å². The molecular formula is C10H16N2O2. The van der Waals surface area contributed by atoms with Crippen LogP contribution >= 0.6 is 0 Å². The molecule has 2 rings (SSSR count). The van der Waals surface area contributed by atoms with Crippen molar-refractivity contribution in [2.24, 2.45) is 5.41 Å². The highest BCUT2D eigenvalue weighted by atomic mass is 16.2. The van der Waals surface area contributed by atoms with E-state index in [1.807, 2.05) is 11.9 Å². The number of rotatable bonds is 0. The Balaban J connectivity index is 2.20. The van der Waals surface area contributed by atoms with Crippen molar-refractivity contribution in [1.29, 1.82) is 0 Å². The summed E-state index contributed by atoms with van der Waals surface area (Å²) in [5, 5.41) is 2.42. The van der Waals surface area contributed by atoms with E-state index in [4.69, 9.17) is 0 Å². The van der Waals surface area contributed by atoms with Gasteiger partial charge in [0, 0.05) is 0 Å². The molecule has 0 atom stereocenters. The predicted octanol–water partition coefficient (Wildman–Crippen LogP) is 0.133. The molecule has 1 heterocycles. The lowest BCUT2D eigenvalue weighted by Gasteiger charge is -2.57. The highest BCUT2D eigenvalue weighted by molar-refractivity contribution is 6.04. The van der Waals surface area contributed by atoms with Gasteiger partial charge in [0.25, 0.3) is 0 Å². The van der Waals surface area contributed by atoms with E-state index in [-0.39, 0.29) is 17.2 Å². The number of imide groups is 1. The summed E-state index contributed by atoms with van der Waals surface area (Å²) in [4.78, 5) is 24.7. The summed E-state index contributed by atoms with van der Waals surface area (Å²) in [5.74, 6) is -0.302. The molecule has 1 N–H and O–H groups in total. The maximum Gasteiger partial charge on any atom is 0.247 e. The van der Waals surface area contributed by atoms with Crippen LogP contribution in [0.2, 0.25) is 0 Å². The number of nitrogens with one attached hydrogen (secondary N) is 1. The van der Waals surface area contributed by atoms with E-state index < -0.39 is 5.54 Å². The van der Waals surface area contributed by atoms with Gasteiger partial charge in [-0.15, -0.1) is 0 Å². The van der Waals surface area contributed by atoms with Crippen molar-refractivity contribution >= 4 is 11.8 Å². The second kappa shape index (κ2) is 2.57. The molecule has 1 saturated carbocycles. The van der Waals surface area contributed by atoms with Gasteiger partial charge in [0.15, 0.2) is 0 Å². The SMILES string of the molecule is CN1CC(=O)NC(=O)C12CC(C)(C)C2. The third-order valence-corrected chi connectivity index (χ3v) is 3.33. The molecule has 1 spiro atoms. The van der Waals surface area contributed by atoms with Crippen LogP contribution in [0, 0.1) is 5.41 Å². The van der Waals surface area contributed by atoms with Crippen molar-refractivity contribution in [2.75, 3.05) is 13.6 Å². The van der Waals surface area contributed by atoms with Gasteiger partial charge in [0.2, 0.25) is 11.8 Å². The van der Waals surface area contributed by atoms with Crippen molar-refractivity contribution in [3.63, 3.8) is 0 Å². The van der Waals surface area contributed by atoms with Crippen LogP contribution in [0.4, 0.5) is 0 Å². The minimum absolute atomic E-state index is 0.115. The summed E-state index contributed by atoms with van der Waals surface area (Å²) < 4.78 is 0. The maximum atomic E-state index is 11.7. The number of hydrogen-bond acceptors (Lipinski definition) is 3. The topological polar surface area (TPSA) is 49.4 Å². The summed E-state index contributed by atoms with van der Waals surface area (Å²) in [6, 6.07) is 0. The molecule has 1 saturated heterocycles. The van der Waals surface area contributed by atoms with Crippen molar-refractivity contribution in [1.82, 2.24) is 10.2 Å². The van der Waals surface area contributed by atoms with Crippen LogP contribution in [0.1, 0.15) is 26.7 Å². The number of piperazine rings is 1. The maximum absolute atomic E-state index is 11.7. The Morgan fingerprint density at radius 2 is 1.86 bits per heavy atom. The van der Waals surface area contributed by atoms with Gasteiger partial charge in [-0.1, -0.05) is 13.8 Å². The van der Waals surface area contributed by atoms with Crippen LogP contribution in [-0.2, 0) is 9.59 Å². The lowest BCUT2D eigenvalue weighted by molar-refractivity contribution is -0.160. The first-order valence-electron chi connectivity index (χ1n) is 4.91. The molecule has 1 aliphatic heterocycles. The predicted molar refractivity (Wildman–Crippen MR) is 51.5 cm³/mol. The number of amides is 2. The monoisotopic (exact) mass is 196 g/mol. The lowest BCUT2D eigenvalue weighted by Crippen LogP contribution is -2.72. The van der Waals surface area contributed by atoms with E-state index in [2.05, 4.69) is 19.2 Å². The molecule has 0 bridgehead atoms. The van der Waals surface area contributed by atoms with E-state index in [9.17, 15) is 9.59 Å². The van der Waals surface area contributed by atoms with Crippen molar-refractivity contribution in [3.05, 3.63) is 0 Å². The molecule has 2 aliphatic rings. The summed E-state index contributed by atoms with van der Waals surface area (Å²) in [7, 11) is 1.85. The van der Waals surface area contributed by atoms with E-state index >= 15 is 0 Å². The molecule has 0 aromatic carbocycles. The van der Waals surface area contributed by atoms with Gasteiger partial charge in [0.1, 0.15) is 5.54 Å². The second-order valence-electron chi connectivity index (χ2n) is 5.28. The smallest absolute Gasteiger partial charge is 0.247 e. The van der Waals surface area contributed by atoms with Gasteiger partial charge in [-0.3, -0.25) is 19.8 Å². The zero-order valence-corrected chi connectivity index (χ0v) is 8.89. The zero-order valence-electron chi connectivity index (χ0n) is 8.89. The fourth-order valence-corrected chi connectivity index (χ4v) is 2.78. The number of carbonyl (C=O) groups is 2. The largest absolute Gasteiger partial charge is 0.294 e. The molecule has 14 heavy (non-hydrogen) atoms. The van der Waals surface area contributed by atoms with Gasteiger partial charge in [-0.05, 0) is 25.3 Å². The fraction of sp³-hybridized carbons (Fsp3) is 0.800. The van der Waals surface area contributed by atoms with Gasteiger partial charge in [0.05, 0.1) is 6.54 Å². The standard InChI is InChI=1S/C10H16N2O2/c1-9(2)5-10(6-9)8(14)11-7(13)4-12(10)3/h4-6H2,1-3H3,(H,11,13,14). The number of nitrogens with zero attached hydrogens (tertiary/aromatic N) is 1. The van der Waals surface area contributed by atoms with E-state index in [1.165, 1.54) is 0 Å². The molecule has 1 aliphatic carbocycles. The first-order valence-corrected chi connectivity index (χ1v) is 4.91. The molecule has 0 unspecified atom stereocenters. The van der Waals surface area contributed by atoms with Crippen LogP contribution < -0.4 is 5.32 Å². The third kappa shape index (κ3) is 1.17. The van der Waals surface area contributed by atoms with Gasteiger partial charge < -0.3 is 0 Å². The van der Waals surface area contributed by atoms with Gasteiger partial charge in [-0.25, -0.2) is 0 Å². The van der Waals surface area contributed by atoms with E-state index in [0.29, 0.717) is 6.54 Å². The molecule has 0 aromatic heterocycles. The highest BCUT2D eigenvalue weighted by Gasteiger charge is 2.58. The summed E-state index contributed by atoms with van der Waals surface area (Å²) in [6.07, 6.45) is 1.69. The molecule has 78 valence electrons. The quantitative estimate of drug-likeness (QED) is 0.560. The fourth-order valence-electron chi connectivity index (χ4n) is 2.78. The Kier molecular flexibility index (Phi) is 1.77. The van der Waals surface area contributed by atoms with Crippen molar-refractivity contribution < 1.29 is 9.59 Å². The average Bonchev–Trinajstić information content (AvgIpc) is 1.95. The molecule has 0 aromatic rings. The first-order chi connectivity index (χ1) is 6.36. The lowest BCUT2D eigenvalue weighted by atomic mass is 9.57. The number of likely N-dealkylation sites (N-methyl/N-ethyl adjacent to an activating group) is 1. The van der Waals surface area contributed by atoms with Gasteiger partial charge >= 0.3 is 0 Å². The molecule has 2 fully saturated rings. The summed E-state index contributed by atoms with van der Waals surface area (Å²) in [6.45, 7) is 4.63. The number of hydrogen-bond donors (Lipinski definition) is 1. The number of carbonyl (C=O) groups excluding carboxylic acids is 2. The Morgan fingerprint density at radius 1 is 1.29 bits per heavy atom. The van der Waals surface area contributed by atoms with Gasteiger partial charge in [-0.2, -0.15) is 0 Å². The first kappa shape index (κ1) is 9.65. The van der Waals surface area contributed by atoms with Crippen LogP contribution in [0.25, 0.3) is 0 Å². The molecule has 0 radical (unpaired) electrons. The molecular weight excluding hydrogens is 180 g/mol. The minimum Gasteiger partial charge on any atom is -0.294 e. The Bertz CT molecular complexity index is 301. The zero-order chi connectivity index (χ0) is 10.6. The van der Waals surface area contributed by atoms with E-state index in [1.54, 1.807) is 0 Å². The molecule has 4 nitrogen and oxygen atoms in total. The third-order valence-electron chi connectivity index (χ3n) is 3.33. The van der Waals surface area contributed by atoms with Crippen molar-refractivity contribution in [3.8, 4) is 0 Å². The average molecular weight is 196 g/mol. The molecule has 4 heteroatoms. The Morgan fingerprint density at radius 3 is 2.29 bits per heavy atom. The van der Waals surface area contributed by atoms with Crippen LogP contribution in [0.3, 0.4) is 0 Å². The minimum atomic E-state index is -0.405. The summed E-state index contributed by atoms with van der Waals surface area (Å²) >= 11 is 0. The highest BCUT2D eigenvalue weighted by Crippen LogP contribution is 2.51. The van der Waals surface area contributed by atoms with Crippen LogP contribution in [0.5, 0.6) is 0 Å². The normalized spacial score (nSPS) is 29.9.